The molecule has 0 radical (unpaired) electrons. The maximum absolute atomic E-state index is 11.5. The van der Waals surface area contributed by atoms with Crippen LogP contribution in [0.5, 0.6) is 0 Å². The number of nitrogens with one attached hydrogen (secondary N) is 2. The summed E-state index contributed by atoms with van der Waals surface area (Å²) in [6.07, 6.45) is 0. The molecule has 110 valence electrons. The molecule has 0 spiro atoms. The average molecular weight is 284 g/mol. The van der Waals surface area contributed by atoms with Crippen molar-refractivity contribution in [3.05, 3.63) is 47.5 Å². The summed E-state index contributed by atoms with van der Waals surface area (Å²) >= 11 is 0. The lowest BCUT2D eigenvalue weighted by atomic mass is 10.1. The van der Waals surface area contributed by atoms with Crippen molar-refractivity contribution < 1.29 is 4.79 Å². The Bertz CT molecular complexity index is 608. The minimum absolute atomic E-state index is 0.0650. The molecule has 2 rings (SSSR count). The van der Waals surface area contributed by atoms with Gasteiger partial charge in [0, 0.05) is 12.5 Å². The molecule has 21 heavy (non-hydrogen) atoms. The number of nitrogens with zero attached hydrogens (tertiary/aromatic N) is 2. The number of hydrogen-bond donors (Lipinski definition) is 2. The van der Waals surface area contributed by atoms with E-state index in [1.54, 1.807) is 12.1 Å². The van der Waals surface area contributed by atoms with Crippen LogP contribution in [-0.2, 0) is 11.3 Å². The summed E-state index contributed by atoms with van der Waals surface area (Å²) in [7, 11) is 0. The van der Waals surface area contributed by atoms with E-state index < -0.39 is 0 Å². The van der Waals surface area contributed by atoms with Crippen LogP contribution in [0.2, 0.25) is 0 Å². The molecular formula is C16H20N4O. The van der Waals surface area contributed by atoms with E-state index in [0.717, 1.165) is 0 Å². The number of hydrogen-bond acceptors (Lipinski definition) is 4. The summed E-state index contributed by atoms with van der Waals surface area (Å²) in [5.41, 5.74) is 2.42. The van der Waals surface area contributed by atoms with E-state index in [2.05, 4.69) is 46.0 Å². The van der Waals surface area contributed by atoms with Gasteiger partial charge in [0.25, 0.3) is 0 Å². The van der Waals surface area contributed by atoms with Crippen LogP contribution in [0.3, 0.4) is 0 Å². The van der Waals surface area contributed by atoms with E-state index in [4.69, 9.17) is 0 Å². The van der Waals surface area contributed by atoms with Gasteiger partial charge in [-0.15, -0.1) is 10.2 Å². The van der Waals surface area contributed by atoms with Gasteiger partial charge in [-0.25, -0.2) is 0 Å². The molecule has 2 aromatic rings. The molecule has 5 nitrogen and oxygen atoms in total. The summed E-state index contributed by atoms with van der Waals surface area (Å²) in [6.45, 7) is 6.42. The Morgan fingerprint density at radius 3 is 2.48 bits per heavy atom. The van der Waals surface area contributed by atoms with Crippen LogP contribution in [-0.4, -0.2) is 16.1 Å². The van der Waals surface area contributed by atoms with Gasteiger partial charge < -0.3 is 10.6 Å². The second-order valence-electron chi connectivity index (χ2n) is 5.29. The van der Waals surface area contributed by atoms with Crippen molar-refractivity contribution in [1.82, 2.24) is 10.2 Å². The van der Waals surface area contributed by atoms with Crippen molar-refractivity contribution in [2.75, 3.05) is 10.6 Å². The highest BCUT2D eigenvalue weighted by Gasteiger charge is 2.08. The summed E-state index contributed by atoms with van der Waals surface area (Å²) < 4.78 is 0. The van der Waals surface area contributed by atoms with E-state index in [1.807, 2.05) is 19.9 Å². The Hall–Kier alpha value is -2.43. The topological polar surface area (TPSA) is 66.9 Å². The molecule has 0 saturated heterocycles. The third-order valence-electron chi connectivity index (χ3n) is 3.00. The molecule has 1 heterocycles. The third-order valence-corrected chi connectivity index (χ3v) is 3.00. The van der Waals surface area contributed by atoms with Crippen LogP contribution in [0.1, 0.15) is 25.0 Å². The number of carbonyl (C=O) groups excluding carboxylic acids is 1. The van der Waals surface area contributed by atoms with Crippen molar-refractivity contribution in [3.63, 3.8) is 0 Å². The zero-order chi connectivity index (χ0) is 15.2. The fraction of sp³-hybridized carbons (Fsp3) is 0.312. The Labute approximate surface area is 124 Å². The molecule has 0 aliphatic rings. The minimum atomic E-state index is -0.0779. The summed E-state index contributed by atoms with van der Waals surface area (Å²) in [5.74, 6) is 1.00. The molecule has 5 heteroatoms. The van der Waals surface area contributed by atoms with Crippen LogP contribution < -0.4 is 10.6 Å². The van der Waals surface area contributed by atoms with Gasteiger partial charge in [-0.05, 0) is 24.6 Å². The molecule has 0 saturated carbocycles. The molecule has 1 amide bonds. The van der Waals surface area contributed by atoms with Gasteiger partial charge in [-0.1, -0.05) is 43.7 Å². The number of anilines is 2. The summed E-state index contributed by atoms with van der Waals surface area (Å²) in [5, 5.41) is 14.0. The van der Waals surface area contributed by atoms with E-state index in [0.29, 0.717) is 18.2 Å². The Morgan fingerprint density at radius 2 is 1.86 bits per heavy atom. The van der Waals surface area contributed by atoms with E-state index >= 15 is 0 Å². The van der Waals surface area contributed by atoms with Gasteiger partial charge >= 0.3 is 0 Å². The molecule has 1 aromatic heterocycles. The Morgan fingerprint density at radius 1 is 1.14 bits per heavy atom. The fourth-order valence-electron chi connectivity index (χ4n) is 1.78. The van der Waals surface area contributed by atoms with Crippen molar-refractivity contribution in [2.24, 2.45) is 5.92 Å². The number of benzene rings is 1. The molecule has 0 atom stereocenters. The quantitative estimate of drug-likeness (QED) is 0.885. The highest BCUT2D eigenvalue weighted by molar-refractivity contribution is 5.91. The standard InChI is InChI=1S/C16H20N4O/c1-11(2)16(21)18-15-8-7-14(19-20-15)17-10-13-6-4-5-12(3)9-13/h4-9,11H,10H2,1-3H3,(H,17,19)(H,18,20,21). The van der Waals surface area contributed by atoms with Gasteiger partial charge in [0.05, 0.1) is 0 Å². The monoisotopic (exact) mass is 284 g/mol. The van der Waals surface area contributed by atoms with Gasteiger partial charge in [-0.3, -0.25) is 4.79 Å². The van der Waals surface area contributed by atoms with E-state index in [-0.39, 0.29) is 11.8 Å². The summed E-state index contributed by atoms with van der Waals surface area (Å²) in [6, 6.07) is 11.8. The third kappa shape index (κ3) is 4.56. The van der Waals surface area contributed by atoms with Crippen molar-refractivity contribution in [2.45, 2.75) is 27.3 Å². The van der Waals surface area contributed by atoms with Crippen molar-refractivity contribution >= 4 is 17.5 Å². The number of amides is 1. The molecule has 0 aliphatic heterocycles. The second kappa shape index (κ2) is 6.83. The zero-order valence-corrected chi connectivity index (χ0v) is 12.6. The van der Waals surface area contributed by atoms with Gasteiger partial charge in [0.2, 0.25) is 5.91 Å². The fourth-order valence-corrected chi connectivity index (χ4v) is 1.78. The van der Waals surface area contributed by atoms with Crippen LogP contribution in [0, 0.1) is 12.8 Å². The smallest absolute Gasteiger partial charge is 0.228 e. The predicted octanol–water partition coefficient (Wildman–Crippen LogP) is 2.99. The highest BCUT2D eigenvalue weighted by Crippen LogP contribution is 2.10. The number of carbonyl (C=O) groups is 1. The SMILES string of the molecule is Cc1cccc(CNc2ccc(NC(=O)C(C)C)nn2)c1. The molecule has 0 unspecified atom stereocenters. The highest BCUT2D eigenvalue weighted by atomic mass is 16.1. The van der Waals surface area contributed by atoms with E-state index in [9.17, 15) is 4.79 Å². The molecule has 0 fully saturated rings. The molecule has 0 aliphatic carbocycles. The summed E-state index contributed by atoms with van der Waals surface area (Å²) in [4.78, 5) is 11.5. The Kier molecular flexibility index (Phi) is 4.87. The predicted molar refractivity (Wildman–Crippen MR) is 84.0 cm³/mol. The second-order valence-corrected chi connectivity index (χ2v) is 5.29. The van der Waals surface area contributed by atoms with Gasteiger partial charge in [0.1, 0.15) is 5.82 Å². The first-order chi connectivity index (χ1) is 10.0. The minimum Gasteiger partial charge on any atom is -0.365 e. The van der Waals surface area contributed by atoms with Crippen molar-refractivity contribution in [3.8, 4) is 0 Å². The molecular weight excluding hydrogens is 264 g/mol. The first kappa shape index (κ1) is 15.0. The van der Waals surface area contributed by atoms with Gasteiger partial charge in [0.15, 0.2) is 5.82 Å². The number of rotatable bonds is 5. The lowest BCUT2D eigenvalue weighted by molar-refractivity contribution is -0.118. The molecule has 1 aromatic carbocycles. The van der Waals surface area contributed by atoms with Crippen LogP contribution >= 0.6 is 0 Å². The maximum atomic E-state index is 11.5. The lowest BCUT2D eigenvalue weighted by Crippen LogP contribution is -2.18. The van der Waals surface area contributed by atoms with Crippen LogP contribution in [0.25, 0.3) is 0 Å². The largest absolute Gasteiger partial charge is 0.365 e. The van der Waals surface area contributed by atoms with Crippen LogP contribution in [0.4, 0.5) is 11.6 Å². The molecule has 2 N–H and O–H groups in total. The first-order valence-electron chi connectivity index (χ1n) is 6.98. The number of aromatic nitrogens is 2. The van der Waals surface area contributed by atoms with Crippen LogP contribution in [0.15, 0.2) is 36.4 Å². The normalized spacial score (nSPS) is 10.5. The zero-order valence-electron chi connectivity index (χ0n) is 12.6. The van der Waals surface area contributed by atoms with E-state index in [1.165, 1.54) is 11.1 Å². The van der Waals surface area contributed by atoms with Crippen molar-refractivity contribution in [1.29, 1.82) is 0 Å². The van der Waals surface area contributed by atoms with Gasteiger partial charge in [-0.2, -0.15) is 0 Å². The average Bonchev–Trinajstić information content (AvgIpc) is 2.46. The number of aryl methyl sites for hydroxylation is 1. The Balaban J connectivity index is 1.92. The lowest BCUT2D eigenvalue weighted by Gasteiger charge is -2.08. The maximum Gasteiger partial charge on any atom is 0.228 e. The molecule has 0 bridgehead atoms. The first-order valence-corrected chi connectivity index (χ1v) is 6.98.